The van der Waals surface area contributed by atoms with Crippen LogP contribution in [0.15, 0.2) is 53.7 Å². The third kappa shape index (κ3) is 5.90. The molecule has 30 heavy (non-hydrogen) atoms. The molecule has 9 heteroatoms. The number of nitrogens with zero attached hydrogens (tertiary/aromatic N) is 3. The Kier molecular flexibility index (Phi) is 7.59. The monoisotopic (exact) mass is 446 g/mol. The van der Waals surface area contributed by atoms with Gasteiger partial charge in [0.25, 0.3) is 0 Å². The van der Waals surface area contributed by atoms with Gasteiger partial charge in [0.05, 0.1) is 25.5 Å². The number of hydrogen-bond donors (Lipinski definition) is 1. The van der Waals surface area contributed by atoms with Crippen LogP contribution in [0.5, 0.6) is 5.75 Å². The first-order valence-corrected chi connectivity index (χ1v) is 10.7. The van der Waals surface area contributed by atoms with Crippen LogP contribution in [0.25, 0.3) is 5.69 Å². The largest absolute Gasteiger partial charge is 0.497 e. The van der Waals surface area contributed by atoms with Crippen LogP contribution in [0.3, 0.4) is 0 Å². The molecule has 0 amide bonds. The third-order valence-electron chi connectivity index (χ3n) is 4.01. The lowest BCUT2D eigenvalue weighted by Gasteiger charge is -2.12. The zero-order valence-electron chi connectivity index (χ0n) is 17.0. The maximum Gasteiger partial charge on any atom is 0.316 e. The van der Waals surface area contributed by atoms with Gasteiger partial charge >= 0.3 is 5.97 Å². The van der Waals surface area contributed by atoms with Crippen molar-refractivity contribution in [3.05, 3.63) is 59.4 Å². The number of ether oxygens (including phenoxy) is 2. The molecule has 3 rings (SSSR count). The van der Waals surface area contributed by atoms with Crippen molar-refractivity contribution in [3.63, 3.8) is 0 Å². The summed E-state index contributed by atoms with van der Waals surface area (Å²) >= 11 is 7.23. The van der Waals surface area contributed by atoms with Crippen molar-refractivity contribution < 1.29 is 14.3 Å². The van der Waals surface area contributed by atoms with Crippen molar-refractivity contribution in [1.29, 1.82) is 0 Å². The zero-order chi connectivity index (χ0) is 21.5. The highest BCUT2D eigenvalue weighted by Gasteiger charge is 2.17. The van der Waals surface area contributed by atoms with Crippen LogP contribution in [0, 0.1) is 0 Å². The quantitative estimate of drug-likeness (QED) is 0.380. The molecule has 1 N–H and O–H groups in total. The molecular formula is C21H23ClN4O3S. The Labute approximate surface area is 184 Å². The van der Waals surface area contributed by atoms with Gasteiger partial charge < -0.3 is 14.8 Å². The summed E-state index contributed by atoms with van der Waals surface area (Å²) in [5.74, 6) is 1.31. The van der Waals surface area contributed by atoms with Crippen LogP contribution in [0.4, 0.5) is 5.69 Å². The van der Waals surface area contributed by atoms with Gasteiger partial charge in [0.1, 0.15) is 5.75 Å². The molecule has 0 fully saturated rings. The average molecular weight is 447 g/mol. The fourth-order valence-electron chi connectivity index (χ4n) is 2.67. The minimum absolute atomic E-state index is 0.150. The second-order valence-corrected chi connectivity index (χ2v) is 8.00. The summed E-state index contributed by atoms with van der Waals surface area (Å²) in [4.78, 5) is 12.0. The number of methoxy groups -OCH3 is 1. The fraction of sp³-hybridized carbons (Fsp3) is 0.286. The van der Waals surface area contributed by atoms with E-state index in [0.29, 0.717) is 22.5 Å². The normalized spacial score (nSPS) is 10.8. The highest BCUT2D eigenvalue weighted by atomic mass is 35.5. The summed E-state index contributed by atoms with van der Waals surface area (Å²) < 4.78 is 12.4. The summed E-state index contributed by atoms with van der Waals surface area (Å²) in [7, 11) is 1.62. The van der Waals surface area contributed by atoms with Crippen LogP contribution >= 0.6 is 23.4 Å². The second-order valence-electron chi connectivity index (χ2n) is 6.62. The Morgan fingerprint density at radius 1 is 1.13 bits per heavy atom. The van der Waals surface area contributed by atoms with Crippen LogP contribution < -0.4 is 10.1 Å². The van der Waals surface area contributed by atoms with Gasteiger partial charge in [0.2, 0.25) is 0 Å². The molecule has 0 spiro atoms. The number of halogens is 1. The van der Waals surface area contributed by atoms with Gasteiger partial charge in [-0.05, 0) is 62.4 Å². The first kappa shape index (κ1) is 22.0. The molecular weight excluding hydrogens is 424 g/mol. The minimum Gasteiger partial charge on any atom is -0.497 e. The highest BCUT2D eigenvalue weighted by Crippen LogP contribution is 2.25. The lowest BCUT2D eigenvalue weighted by Crippen LogP contribution is -2.14. The molecule has 7 nitrogen and oxygen atoms in total. The molecule has 158 valence electrons. The van der Waals surface area contributed by atoms with E-state index < -0.39 is 0 Å². The molecule has 0 unspecified atom stereocenters. The lowest BCUT2D eigenvalue weighted by molar-refractivity contribution is -0.144. The molecule has 0 bridgehead atoms. The van der Waals surface area contributed by atoms with E-state index in [1.807, 2.05) is 66.9 Å². The van der Waals surface area contributed by atoms with Crippen molar-refractivity contribution in [2.75, 3.05) is 18.2 Å². The second kappa shape index (κ2) is 10.4. The van der Waals surface area contributed by atoms with Crippen molar-refractivity contribution in [2.24, 2.45) is 0 Å². The summed E-state index contributed by atoms with van der Waals surface area (Å²) in [6.45, 7) is 4.09. The molecule has 0 saturated carbocycles. The summed E-state index contributed by atoms with van der Waals surface area (Å²) in [6.07, 6.45) is -0.156. The number of carbonyl (C=O) groups is 1. The van der Waals surface area contributed by atoms with E-state index in [-0.39, 0.29) is 17.8 Å². The van der Waals surface area contributed by atoms with Gasteiger partial charge in [0, 0.05) is 16.4 Å². The van der Waals surface area contributed by atoms with Gasteiger partial charge in [-0.25, -0.2) is 0 Å². The van der Waals surface area contributed by atoms with Gasteiger partial charge in [0.15, 0.2) is 11.0 Å². The predicted octanol–water partition coefficient (Wildman–Crippen LogP) is 4.59. The van der Waals surface area contributed by atoms with E-state index in [0.717, 1.165) is 17.1 Å². The topological polar surface area (TPSA) is 78.3 Å². The van der Waals surface area contributed by atoms with Gasteiger partial charge in [-0.15, -0.1) is 10.2 Å². The first-order chi connectivity index (χ1) is 14.5. The first-order valence-electron chi connectivity index (χ1n) is 9.36. The van der Waals surface area contributed by atoms with Crippen LogP contribution in [-0.4, -0.2) is 39.7 Å². The van der Waals surface area contributed by atoms with Crippen LogP contribution in [0.2, 0.25) is 5.02 Å². The van der Waals surface area contributed by atoms with Gasteiger partial charge in [-0.3, -0.25) is 9.36 Å². The van der Waals surface area contributed by atoms with Crippen LogP contribution in [-0.2, 0) is 16.1 Å². The molecule has 0 aliphatic carbocycles. The number of esters is 1. The van der Waals surface area contributed by atoms with Crippen LogP contribution in [0.1, 0.15) is 19.7 Å². The lowest BCUT2D eigenvalue weighted by atomic mass is 10.3. The molecule has 0 aliphatic rings. The summed E-state index contributed by atoms with van der Waals surface area (Å²) in [5.41, 5.74) is 1.78. The van der Waals surface area contributed by atoms with Crippen molar-refractivity contribution in [2.45, 2.75) is 31.7 Å². The number of carbonyl (C=O) groups excluding carboxylic acids is 1. The minimum atomic E-state index is -0.292. The molecule has 3 aromatic rings. The number of nitrogens with one attached hydrogen (secondary N) is 1. The van der Waals surface area contributed by atoms with E-state index in [1.54, 1.807) is 7.11 Å². The van der Waals surface area contributed by atoms with E-state index in [1.165, 1.54) is 11.8 Å². The number of thioether (sulfide) groups is 1. The van der Waals surface area contributed by atoms with E-state index in [2.05, 4.69) is 15.5 Å². The van der Waals surface area contributed by atoms with E-state index in [9.17, 15) is 4.79 Å². The van der Waals surface area contributed by atoms with Crippen molar-refractivity contribution in [1.82, 2.24) is 14.8 Å². The predicted molar refractivity (Wildman–Crippen MR) is 119 cm³/mol. The molecule has 2 aromatic carbocycles. The fourth-order valence-corrected chi connectivity index (χ4v) is 3.55. The third-order valence-corrected chi connectivity index (χ3v) is 5.17. The summed E-state index contributed by atoms with van der Waals surface area (Å²) in [5, 5.41) is 13.2. The number of benzene rings is 2. The summed E-state index contributed by atoms with van der Waals surface area (Å²) in [6, 6.07) is 15.0. The highest BCUT2D eigenvalue weighted by molar-refractivity contribution is 7.99. The van der Waals surface area contributed by atoms with Crippen molar-refractivity contribution >= 4 is 35.0 Å². The Hall–Kier alpha value is -2.71. The van der Waals surface area contributed by atoms with Gasteiger partial charge in [-0.1, -0.05) is 23.4 Å². The zero-order valence-corrected chi connectivity index (χ0v) is 18.5. The van der Waals surface area contributed by atoms with Crippen molar-refractivity contribution in [3.8, 4) is 11.4 Å². The van der Waals surface area contributed by atoms with Gasteiger partial charge in [-0.2, -0.15) is 0 Å². The molecule has 1 aromatic heterocycles. The van der Waals surface area contributed by atoms with E-state index in [4.69, 9.17) is 21.1 Å². The molecule has 0 saturated heterocycles. The Morgan fingerprint density at radius 2 is 1.83 bits per heavy atom. The molecule has 0 radical (unpaired) electrons. The maximum atomic E-state index is 12.0. The smallest absolute Gasteiger partial charge is 0.316 e. The van der Waals surface area contributed by atoms with E-state index >= 15 is 0 Å². The SMILES string of the molecule is COc1ccc(-n2c(CNc3ccc(Cl)cc3)nnc2SCC(=O)OC(C)C)cc1. The number of hydrogen-bond acceptors (Lipinski definition) is 7. The Morgan fingerprint density at radius 3 is 2.47 bits per heavy atom. The number of rotatable bonds is 9. The average Bonchev–Trinajstić information content (AvgIpc) is 3.14. The molecule has 0 aliphatic heterocycles. The molecule has 1 heterocycles. The maximum absolute atomic E-state index is 12.0. The Balaban J connectivity index is 1.82. The number of aromatic nitrogens is 3. The Bertz CT molecular complexity index is 975. The standard InChI is InChI=1S/C21H23ClN4O3S/c1-14(2)29-20(27)13-30-21-25-24-19(12-23-16-6-4-15(22)5-7-16)26(21)17-8-10-18(28-3)11-9-17/h4-11,14,23H,12-13H2,1-3H3. The number of anilines is 1. The molecule has 0 atom stereocenters.